The van der Waals surface area contributed by atoms with Crippen molar-refractivity contribution in [3.05, 3.63) is 29.6 Å². The van der Waals surface area contributed by atoms with Crippen molar-refractivity contribution in [2.75, 3.05) is 19.8 Å². The maximum absolute atomic E-state index is 13.6. The number of nitrogens with two attached hydrogens (primary N) is 1. The molecule has 2 N–H and O–H groups in total. The molecular formula is C14H22FNO2. The molecule has 0 radical (unpaired) electrons. The third-order valence-corrected chi connectivity index (χ3v) is 2.60. The first kappa shape index (κ1) is 14.9. The summed E-state index contributed by atoms with van der Waals surface area (Å²) in [5.41, 5.74) is 6.46. The predicted octanol–water partition coefficient (Wildman–Crippen LogP) is 3.04. The molecule has 102 valence electrons. The van der Waals surface area contributed by atoms with Crippen LogP contribution in [-0.4, -0.2) is 19.8 Å². The van der Waals surface area contributed by atoms with Crippen molar-refractivity contribution in [2.45, 2.75) is 32.7 Å². The standard InChI is InChI=1S/C14H22FNO2/c1-3-4-8-17-9-10-18-14-12(11(2)16)6-5-7-13(14)15/h5-7,11H,3-4,8-10,16H2,1-2H3/t11-/m1/s1. The van der Waals surface area contributed by atoms with Crippen LogP contribution in [0.4, 0.5) is 4.39 Å². The molecule has 0 fully saturated rings. The first-order valence-electron chi connectivity index (χ1n) is 6.41. The van der Waals surface area contributed by atoms with Crippen molar-refractivity contribution in [1.29, 1.82) is 0 Å². The average molecular weight is 255 g/mol. The highest BCUT2D eigenvalue weighted by atomic mass is 19.1. The Morgan fingerprint density at radius 2 is 2.06 bits per heavy atom. The zero-order chi connectivity index (χ0) is 13.4. The monoisotopic (exact) mass is 255 g/mol. The number of ether oxygens (including phenoxy) is 2. The van der Waals surface area contributed by atoms with E-state index in [0.717, 1.165) is 19.4 Å². The molecule has 1 aromatic rings. The molecule has 0 aliphatic carbocycles. The van der Waals surface area contributed by atoms with Gasteiger partial charge in [-0.1, -0.05) is 25.5 Å². The summed E-state index contributed by atoms with van der Waals surface area (Å²) in [7, 11) is 0. The summed E-state index contributed by atoms with van der Waals surface area (Å²) in [5, 5.41) is 0. The minimum Gasteiger partial charge on any atom is -0.488 e. The van der Waals surface area contributed by atoms with Crippen LogP contribution >= 0.6 is 0 Å². The molecule has 0 saturated carbocycles. The third-order valence-electron chi connectivity index (χ3n) is 2.60. The van der Waals surface area contributed by atoms with Gasteiger partial charge >= 0.3 is 0 Å². The van der Waals surface area contributed by atoms with Gasteiger partial charge in [0, 0.05) is 18.2 Å². The van der Waals surface area contributed by atoms with Crippen LogP contribution in [0.1, 0.15) is 38.3 Å². The summed E-state index contributed by atoms with van der Waals surface area (Å²) in [5.74, 6) is -0.134. The molecule has 0 saturated heterocycles. The summed E-state index contributed by atoms with van der Waals surface area (Å²) < 4.78 is 24.4. The molecule has 0 unspecified atom stereocenters. The summed E-state index contributed by atoms with van der Waals surface area (Å²) in [6.45, 7) is 5.43. The Balaban J connectivity index is 2.46. The van der Waals surface area contributed by atoms with Gasteiger partial charge in [-0.05, 0) is 19.4 Å². The Labute approximate surface area is 108 Å². The first-order valence-corrected chi connectivity index (χ1v) is 6.41. The van der Waals surface area contributed by atoms with Gasteiger partial charge in [-0.2, -0.15) is 0 Å². The van der Waals surface area contributed by atoms with Crippen molar-refractivity contribution in [1.82, 2.24) is 0 Å². The molecule has 0 spiro atoms. The van der Waals surface area contributed by atoms with Crippen LogP contribution in [0.2, 0.25) is 0 Å². The van der Waals surface area contributed by atoms with Crippen molar-refractivity contribution in [2.24, 2.45) is 5.73 Å². The molecule has 4 heteroatoms. The molecule has 1 rings (SSSR count). The van der Waals surface area contributed by atoms with Gasteiger partial charge in [-0.25, -0.2) is 4.39 Å². The Kier molecular flexibility index (Phi) is 6.68. The van der Waals surface area contributed by atoms with Crippen molar-refractivity contribution >= 4 is 0 Å². The highest BCUT2D eigenvalue weighted by Crippen LogP contribution is 2.26. The van der Waals surface area contributed by atoms with Gasteiger partial charge in [0.2, 0.25) is 0 Å². The van der Waals surface area contributed by atoms with Gasteiger partial charge in [-0.3, -0.25) is 0 Å². The zero-order valence-electron chi connectivity index (χ0n) is 11.1. The molecule has 0 aliphatic heterocycles. The maximum Gasteiger partial charge on any atom is 0.165 e. The lowest BCUT2D eigenvalue weighted by molar-refractivity contribution is 0.0962. The smallest absolute Gasteiger partial charge is 0.165 e. The van der Waals surface area contributed by atoms with E-state index in [-0.39, 0.29) is 17.6 Å². The molecule has 0 heterocycles. The molecule has 0 aliphatic rings. The molecular weight excluding hydrogens is 233 g/mol. The topological polar surface area (TPSA) is 44.5 Å². The number of hydrogen-bond donors (Lipinski definition) is 1. The third kappa shape index (κ3) is 4.63. The van der Waals surface area contributed by atoms with E-state index >= 15 is 0 Å². The van der Waals surface area contributed by atoms with Crippen LogP contribution in [0.15, 0.2) is 18.2 Å². The lowest BCUT2D eigenvalue weighted by atomic mass is 10.1. The van der Waals surface area contributed by atoms with Crippen LogP contribution in [0.5, 0.6) is 5.75 Å². The molecule has 0 bridgehead atoms. The second kappa shape index (κ2) is 8.06. The number of para-hydroxylation sites is 1. The van der Waals surface area contributed by atoms with Gasteiger partial charge in [0.1, 0.15) is 6.61 Å². The van der Waals surface area contributed by atoms with Gasteiger partial charge in [0.15, 0.2) is 11.6 Å². The SMILES string of the molecule is CCCCOCCOc1c(F)cccc1[C@@H](C)N. The Hall–Kier alpha value is -1.13. The van der Waals surface area contributed by atoms with E-state index in [2.05, 4.69) is 6.92 Å². The van der Waals surface area contributed by atoms with E-state index < -0.39 is 0 Å². The Morgan fingerprint density at radius 1 is 1.28 bits per heavy atom. The van der Waals surface area contributed by atoms with Crippen LogP contribution in [0, 0.1) is 5.82 Å². The van der Waals surface area contributed by atoms with E-state index in [1.54, 1.807) is 19.1 Å². The highest BCUT2D eigenvalue weighted by molar-refractivity contribution is 5.36. The predicted molar refractivity (Wildman–Crippen MR) is 70.2 cm³/mol. The molecule has 1 atom stereocenters. The second-order valence-corrected chi connectivity index (χ2v) is 4.26. The fraction of sp³-hybridized carbons (Fsp3) is 0.571. The van der Waals surface area contributed by atoms with Gasteiger partial charge in [0.25, 0.3) is 0 Å². The molecule has 0 amide bonds. The van der Waals surface area contributed by atoms with Gasteiger partial charge < -0.3 is 15.2 Å². The number of rotatable bonds is 8. The van der Waals surface area contributed by atoms with E-state index in [0.29, 0.717) is 18.8 Å². The fourth-order valence-corrected chi connectivity index (χ4v) is 1.59. The normalized spacial score (nSPS) is 12.4. The van der Waals surface area contributed by atoms with Gasteiger partial charge in [0.05, 0.1) is 6.61 Å². The summed E-state index contributed by atoms with van der Waals surface area (Å²) >= 11 is 0. The maximum atomic E-state index is 13.6. The number of unbranched alkanes of at least 4 members (excludes halogenated alkanes) is 1. The minimum absolute atomic E-state index is 0.242. The van der Waals surface area contributed by atoms with Crippen LogP contribution < -0.4 is 10.5 Å². The largest absolute Gasteiger partial charge is 0.488 e. The molecule has 18 heavy (non-hydrogen) atoms. The second-order valence-electron chi connectivity index (χ2n) is 4.26. The Morgan fingerprint density at radius 3 is 2.72 bits per heavy atom. The number of hydrogen-bond acceptors (Lipinski definition) is 3. The molecule has 1 aromatic carbocycles. The van der Waals surface area contributed by atoms with Crippen molar-refractivity contribution in [3.63, 3.8) is 0 Å². The summed E-state index contributed by atoms with van der Waals surface area (Å²) in [6.07, 6.45) is 2.13. The number of benzene rings is 1. The van der Waals surface area contributed by atoms with Crippen LogP contribution in [0.3, 0.4) is 0 Å². The summed E-state index contributed by atoms with van der Waals surface area (Å²) in [6, 6.07) is 4.54. The quantitative estimate of drug-likeness (QED) is 0.726. The zero-order valence-corrected chi connectivity index (χ0v) is 11.1. The summed E-state index contributed by atoms with van der Waals surface area (Å²) in [4.78, 5) is 0. The molecule has 3 nitrogen and oxygen atoms in total. The van der Waals surface area contributed by atoms with Crippen LogP contribution in [0.25, 0.3) is 0 Å². The fourth-order valence-electron chi connectivity index (χ4n) is 1.59. The minimum atomic E-state index is -0.377. The van der Waals surface area contributed by atoms with E-state index in [9.17, 15) is 4.39 Å². The van der Waals surface area contributed by atoms with E-state index in [1.165, 1.54) is 6.07 Å². The van der Waals surface area contributed by atoms with E-state index in [1.807, 2.05) is 0 Å². The van der Waals surface area contributed by atoms with Gasteiger partial charge in [-0.15, -0.1) is 0 Å². The van der Waals surface area contributed by atoms with Crippen LogP contribution in [-0.2, 0) is 4.74 Å². The number of halogens is 1. The van der Waals surface area contributed by atoms with E-state index in [4.69, 9.17) is 15.2 Å². The Bertz CT molecular complexity index is 356. The van der Waals surface area contributed by atoms with Crippen molar-refractivity contribution in [3.8, 4) is 5.75 Å². The van der Waals surface area contributed by atoms with Crippen molar-refractivity contribution < 1.29 is 13.9 Å². The first-order chi connectivity index (χ1) is 8.66. The average Bonchev–Trinajstić information content (AvgIpc) is 2.34. The lowest BCUT2D eigenvalue weighted by Gasteiger charge is -2.14. The molecule has 0 aromatic heterocycles. The highest BCUT2D eigenvalue weighted by Gasteiger charge is 2.12. The lowest BCUT2D eigenvalue weighted by Crippen LogP contribution is -2.13.